The summed E-state index contributed by atoms with van der Waals surface area (Å²) < 4.78 is 12.8. The Labute approximate surface area is 213 Å². The van der Waals surface area contributed by atoms with Gasteiger partial charge in [0.2, 0.25) is 5.91 Å². The molecular formula is C28H27N5O4. The van der Waals surface area contributed by atoms with Crippen LogP contribution in [0.15, 0.2) is 94.0 Å². The molecule has 0 saturated carbocycles. The molecule has 5 aromatic rings. The van der Waals surface area contributed by atoms with Gasteiger partial charge >= 0.3 is 0 Å². The van der Waals surface area contributed by atoms with E-state index in [1.807, 2.05) is 54.6 Å². The Morgan fingerprint density at radius 1 is 1.00 bits per heavy atom. The van der Waals surface area contributed by atoms with E-state index in [1.54, 1.807) is 47.0 Å². The second-order valence-electron chi connectivity index (χ2n) is 8.71. The Bertz CT molecular complexity index is 1470. The maximum atomic E-state index is 13.8. The number of carbonyl (C=O) groups is 2. The van der Waals surface area contributed by atoms with E-state index in [1.165, 1.54) is 0 Å². The van der Waals surface area contributed by atoms with Crippen molar-refractivity contribution in [2.75, 3.05) is 6.54 Å². The molecule has 0 aliphatic carbocycles. The van der Waals surface area contributed by atoms with Crippen molar-refractivity contribution in [3.05, 3.63) is 108 Å². The average Bonchev–Trinajstić information content (AvgIpc) is 3.68. The van der Waals surface area contributed by atoms with Crippen molar-refractivity contribution < 1.29 is 18.4 Å². The maximum absolute atomic E-state index is 13.8. The van der Waals surface area contributed by atoms with Gasteiger partial charge in [-0.05, 0) is 55.3 Å². The Balaban J connectivity index is 1.46. The van der Waals surface area contributed by atoms with Gasteiger partial charge in [0.1, 0.15) is 29.3 Å². The third-order valence-electron chi connectivity index (χ3n) is 6.12. The molecule has 0 unspecified atom stereocenters. The van der Waals surface area contributed by atoms with Crippen LogP contribution in [0, 0.1) is 6.92 Å². The van der Waals surface area contributed by atoms with Gasteiger partial charge in [-0.2, -0.15) is 0 Å². The molecular weight excluding hydrogens is 470 g/mol. The van der Waals surface area contributed by atoms with Gasteiger partial charge in [-0.15, -0.1) is 5.10 Å². The molecule has 0 aliphatic rings. The predicted octanol–water partition coefficient (Wildman–Crippen LogP) is 4.05. The van der Waals surface area contributed by atoms with Crippen LogP contribution in [0.3, 0.4) is 0 Å². The minimum absolute atomic E-state index is 0.0725. The normalized spacial score (nSPS) is 11.9. The zero-order valence-electron chi connectivity index (χ0n) is 20.4. The van der Waals surface area contributed by atoms with Gasteiger partial charge in [0, 0.05) is 6.54 Å². The summed E-state index contributed by atoms with van der Waals surface area (Å²) in [6.07, 6.45) is 2.11. The Morgan fingerprint density at radius 2 is 1.81 bits per heavy atom. The second kappa shape index (κ2) is 10.9. The zero-order valence-corrected chi connectivity index (χ0v) is 20.4. The molecule has 2 aromatic carbocycles. The van der Waals surface area contributed by atoms with Gasteiger partial charge in [-0.1, -0.05) is 47.7 Å². The molecule has 9 nitrogen and oxygen atoms in total. The smallest absolute Gasteiger partial charge is 0.251 e. The quantitative estimate of drug-likeness (QED) is 0.312. The number of benzene rings is 2. The molecule has 3 aromatic heterocycles. The summed E-state index contributed by atoms with van der Waals surface area (Å²) in [6, 6.07) is 23.4. The number of rotatable bonds is 10. The molecule has 0 spiro atoms. The number of hydrogen-bond acceptors (Lipinski definition) is 6. The van der Waals surface area contributed by atoms with E-state index >= 15 is 0 Å². The van der Waals surface area contributed by atoms with E-state index in [0.717, 1.165) is 11.1 Å². The van der Waals surface area contributed by atoms with Crippen molar-refractivity contribution in [1.82, 2.24) is 25.2 Å². The zero-order chi connectivity index (χ0) is 25.6. The molecule has 0 saturated heterocycles. The lowest BCUT2D eigenvalue weighted by atomic mass is 10.1. The number of carbonyl (C=O) groups excluding carboxylic acids is 2. The van der Waals surface area contributed by atoms with Crippen LogP contribution in [0.2, 0.25) is 0 Å². The number of nitrogens with zero attached hydrogens (tertiary/aromatic N) is 4. The summed E-state index contributed by atoms with van der Waals surface area (Å²) in [6.45, 7) is 2.22. The van der Waals surface area contributed by atoms with Crippen molar-refractivity contribution in [3.8, 4) is 0 Å². The SMILES string of the molecule is Cc1ccc([C@H](C(=O)NCc2ccco2)N(CCc2ccccc2)C(=O)Cn2nnc3ccccc32)o1. The standard InChI is InChI=1S/C28H27N5O4/c1-20-13-14-25(37-20)27(28(35)29-18-22-10-7-17-36-22)32(16-15-21-8-3-2-4-9-21)26(34)19-33-24-12-6-5-11-23(24)30-31-33/h2-14,17,27H,15-16,18-19H2,1H3,(H,29,35)/t27-/m1/s1. The summed E-state index contributed by atoms with van der Waals surface area (Å²) in [4.78, 5) is 29.0. The summed E-state index contributed by atoms with van der Waals surface area (Å²) in [7, 11) is 0. The summed E-state index contributed by atoms with van der Waals surface area (Å²) in [5.74, 6) is 1.00. The minimum atomic E-state index is -0.977. The summed E-state index contributed by atoms with van der Waals surface area (Å²) in [5.41, 5.74) is 2.49. The van der Waals surface area contributed by atoms with Crippen LogP contribution in [0.1, 0.15) is 28.9 Å². The monoisotopic (exact) mass is 497 g/mol. The van der Waals surface area contributed by atoms with Crippen LogP contribution in [0.25, 0.3) is 11.0 Å². The second-order valence-corrected chi connectivity index (χ2v) is 8.71. The fourth-order valence-corrected chi connectivity index (χ4v) is 4.25. The predicted molar refractivity (Wildman–Crippen MR) is 136 cm³/mol. The van der Waals surface area contributed by atoms with Crippen LogP contribution in [0.4, 0.5) is 0 Å². The number of nitrogens with one attached hydrogen (secondary N) is 1. The van der Waals surface area contributed by atoms with Crippen molar-refractivity contribution in [2.24, 2.45) is 0 Å². The van der Waals surface area contributed by atoms with Gasteiger partial charge < -0.3 is 19.1 Å². The molecule has 1 N–H and O–H groups in total. The first-order valence-electron chi connectivity index (χ1n) is 12.1. The maximum Gasteiger partial charge on any atom is 0.251 e. The Kier molecular flexibility index (Phi) is 7.12. The lowest BCUT2D eigenvalue weighted by molar-refractivity contribution is -0.142. The highest BCUT2D eigenvalue weighted by Gasteiger charge is 2.34. The van der Waals surface area contributed by atoms with Crippen molar-refractivity contribution in [2.45, 2.75) is 32.5 Å². The number of aryl methyl sites for hydroxylation is 1. The molecule has 37 heavy (non-hydrogen) atoms. The largest absolute Gasteiger partial charge is 0.467 e. The molecule has 0 radical (unpaired) electrons. The first kappa shape index (κ1) is 24.1. The van der Waals surface area contributed by atoms with E-state index in [9.17, 15) is 9.59 Å². The fourth-order valence-electron chi connectivity index (χ4n) is 4.25. The number of hydrogen-bond donors (Lipinski definition) is 1. The van der Waals surface area contributed by atoms with Gasteiger partial charge in [-0.25, -0.2) is 4.68 Å². The number of amides is 2. The molecule has 3 heterocycles. The Morgan fingerprint density at radius 3 is 2.57 bits per heavy atom. The van der Waals surface area contributed by atoms with Gasteiger partial charge in [0.25, 0.3) is 5.91 Å². The molecule has 0 bridgehead atoms. The molecule has 1 atom stereocenters. The van der Waals surface area contributed by atoms with Crippen LogP contribution in [-0.2, 0) is 29.1 Å². The third-order valence-corrected chi connectivity index (χ3v) is 6.12. The van der Waals surface area contributed by atoms with Crippen molar-refractivity contribution in [3.63, 3.8) is 0 Å². The topological polar surface area (TPSA) is 106 Å². The van der Waals surface area contributed by atoms with Crippen molar-refractivity contribution in [1.29, 1.82) is 0 Å². The van der Waals surface area contributed by atoms with Crippen LogP contribution in [0.5, 0.6) is 0 Å². The number of fused-ring (bicyclic) bond motifs is 1. The number of para-hydroxylation sites is 1. The highest BCUT2D eigenvalue weighted by molar-refractivity contribution is 5.88. The van der Waals surface area contributed by atoms with Gasteiger partial charge in [0.05, 0.1) is 18.3 Å². The van der Waals surface area contributed by atoms with E-state index < -0.39 is 6.04 Å². The van der Waals surface area contributed by atoms with Crippen LogP contribution in [-0.4, -0.2) is 38.3 Å². The highest BCUT2D eigenvalue weighted by Crippen LogP contribution is 2.25. The van der Waals surface area contributed by atoms with Gasteiger partial charge in [-0.3, -0.25) is 9.59 Å². The molecule has 0 fully saturated rings. The van der Waals surface area contributed by atoms with E-state index in [2.05, 4.69) is 15.6 Å². The van der Waals surface area contributed by atoms with Crippen LogP contribution >= 0.6 is 0 Å². The molecule has 5 rings (SSSR count). The summed E-state index contributed by atoms with van der Waals surface area (Å²) in [5, 5.41) is 11.2. The average molecular weight is 498 g/mol. The minimum Gasteiger partial charge on any atom is -0.467 e. The first-order chi connectivity index (χ1) is 18.1. The number of furan rings is 2. The Hall–Kier alpha value is -4.66. The van der Waals surface area contributed by atoms with Gasteiger partial charge in [0.15, 0.2) is 6.04 Å². The van der Waals surface area contributed by atoms with E-state index in [0.29, 0.717) is 35.8 Å². The first-order valence-corrected chi connectivity index (χ1v) is 12.1. The highest BCUT2D eigenvalue weighted by atomic mass is 16.3. The van der Waals surface area contributed by atoms with Crippen LogP contribution < -0.4 is 5.32 Å². The molecule has 2 amide bonds. The third kappa shape index (κ3) is 5.61. The number of aromatic nitrogens is 3. The molecule has 0 aliphatic heterocycles. The lowest BCUT2D eigenvalue weighted by Gasteiger charge is -2.30. The summed E-state index contributed by atoms with van der Waals surface area (Å²) >= 11 is 0. The fraction of sp³-hybridized carbons (Fsp3) is 0.214. The van der Waals surface area contributed by atoms with Crippen molar-refractivity contribution >= 4 is 22.8 Å². The van der Waals surface area contributed by atoms with E-state index in [-0.39, 0.29) is 24.9 Å². The molecule has 188 valence electrons. The van der Waals surface area contributed by atoms with E-state index in [4.69, 9.17) is 8.83 Å². The lowest BCUT2D eigenvalue weighted by Crippen LogP contribution is -2.45. The molecule has 9 heteroatoms.